The summed E-state index contributed by atoms with van der Waals surface area (Å²) in [6, 6.07) is 16.9. The topological polar surface area (TPSA) is 48.6 Å². The van der Waals surface area contributed by atoms with Crippen LogP contribution in [0.4, 0.5) is 0 Å². The number of Topliss-reactive ketones (excluding diaryl/α,β-unsaturated/α-hetero) is 1. The van der Waals surface area contributed by atoms with Crippen LogP contribution in [-0.2, 0) is 4.79 Å². The highest BCUT2D eigenvalue weighted by Gasteiger charge is 2.36. The summed E-state index contributed by atoms with van der Waals surface area (Å²) >= 11 is 0. The molecule has 1 aliphatic carbocycles. The lowest BCUT2D eigenvalue weighted by Crippen LogP contribution is -2.26. The molecule has 2 aromatic heterocycles. The summed E-state index contributed by atoms with van der Waals surface area (Å²) < 4.78 is 0. The van der Waals surface area contributed by atoms with E-state index in [-0.39, 0.29) is 11.8 Å². The number of H-pyrrole nitrogens is 2. The zero-order chi connectivity index (χ0) is 18.4. The predicted molar refractivity (Wildman–Crippen MR) is 110 cm³/mol. The van der Waals surface area contributed by atoms with Crippen LogP contribution >= 0.6 is 0 Å². The van der Waals surface area contributed by atoms with Gasteiger partial charge in [0.15, 0.2) is 0 Å². The highest BCUT2D eigenvalue weighted by atomic mass is 16.1. The van der Waals surface area contributed by atoms with Crippen LogP contribution in [0.1, 0.15) is 48.4 Å². The second-order valence-corrected chi connectivity index (χ2v) is 7.80. The Kier molecular flexibility index (Phi) is 3.89. The molecular weight excluding hydrogens is 332 g/mol. The quantitative estimate of drug-likeness (QED) is 0.475. The summed E-state index contributed by atoms with van der Waals surface area (Å²) in [7, 11) is 0. The van der Waals surface area contributed by atoms with Gasteiger partial charge in [0, 0.05) is 52.0 Å². The van der Waals surface area contributed by atoms with Gasteiger partial charge in [0.05, 0.1) is 0 Å². The van der Waals surface area contributed by atoms with Crippen molar-refractivity contribution in [2.24, 2.45) is 5.92 Å². The van der Waals surface area contributed by atoms with Crippen LogP contribution in [0.2, 0.25) is 0 Å². The van der Waals surface area contributed by atoms with Gasteiger partial charge < -0.3 is 9.97 Å². The molecule has 1 fully saturated rings. The molecule has 3 nitrogen and oxygen atoms in total. The molecule has 0 bridgehead atoms. The van der Waals surface area contributed by atoms with Gasteiger partial charge in [-0.15, -0.1) is 0 Å². The molecule has 0 spiro atoms. The van der Waals surface area contributed by atoms with E-state index in [4.69, 9.17) is 0 Å². The number of benzene rings is 2. The summed E-state index contributed by atoms with van der Waals surface area (Å²) in [5.74, 6) is 0.558. The van der Waals surface area contributed by atoms with Crippen molar-refractivity contribution in [3.05, 3.63) is 71.5 Å². The van der Waals surface area contributed by atoms with E-state index in [1.807, 2.05) is 0 Å². The molecule has 1 aliphatic rings. The van der Waals surface area contributed by atoms with Crippen molar-refractivity contribution in [3.63, 3.8) is 0 Å². The molecular formula is C24H24N2O. The normalized spacial score (nSPS) is 19.0. The minimum absolute atomic E-state index is 0.0517. The average molecular weight is 356 g/mol. The maximum atomic E-state index is 13.0. The number of ketones is 1. The number of fused-ring (bicyclic) bond motifs is 2. The number of hydrogen-bond acceptors (Lipinski definition) is 1. The molecule has 3 heteroatoms. The van der Waals surface area contributed by atoms with E-state index in [9.17, 15) is 4.79 Å². The van der Waals surface area contributed by atoms with Crippen molar-refractivity contribution in [1.82, 2.24) is 9.97 Å². The second kappa shape index (κ2) is 6.41. The Bertz CT molecular complexity index is 1130. The second-order valence-electron chi connectivity index (χ2n) is 7.80. The van der Waals surface area contributed by atoms with Gasteiger partial charge in [0.1, 0.15) is 5.78 Å². The number of aromatic nitrogens is 2. The number of nitrogens with one attached hydrogen (secondary N) is 2. The number of hydrogen-bond donors (Lipinski definition) is 2. The SMILES string of the molecule is Cc1[nH]c2ccccc2c1C(c1c[nH]c2ccccc12)C1CCCCC1=O. The summed E-state index contributed by atoms with van der Waals surface area (Å²) in [6.07, 6.45) is 5.98. The van der Waals surface area contributed by atoms with Gasteiger partial charge in [-0.3, -0.25) is 4.79 Å². The van der Waals surface area contributed by atoms with Gasteiger partial charge in [-0.2, -0.15) is 0 Å². The number of aryl methyl sites for hydroxylation is 1. The van der Waals surface area contributed by atoms with Crippen molar-refractivity contribution >= 4 is 27.6 Å². The summed E-state index contributed by atoms with van der Waals surface area (Å²) in [6.45, 7) is 2.14. The Morgan fingerprint density at radius 3 is 2.52 bits per heavy atom. The lowest BCUT2D eigenvalue weighted by Gasteiger charge is -2.30. The summed E-state index contributed by atoms with van der Waals surface area (Å²) in [5.41, 5.74) is 6.00. The largest absolute Gasteiger partial charge is 0.361 e. The van der Waals surface area contributed by atoms with Crippen LogP contribution in [0.5, 0.6) is 0 Å². The molecule has 0 aliphatic heterocycles. The number of aromatic amines is 2. The fourth-order valence-corrected chi connectivity index (χ4v) is 4.99. The number of para-hydroxylation sites is 2. The first-order valence-corrected chi connectivity index (χ1v) is 9.90. The van der Waals surface area contributed by atoms with E-state index < -0.39 is 0 Å². The van der Waals surface area contributed by atoms with E-state index in [2.05, 4.69) is 71.6 Å². The monoisotopic (exact) mass is 356 g/mol. The molecule has 0 saturated heterocycles. The maximum Gasteiger partial charge on any atom is 0.136 e. The van der Waals surface area contributed by atoms with E-state index >= 15 is 0 Å². The Balaban J connectivity index is 1.78. The van der Waals surface area contributed by atoms with Crippen molar-refractivity contribution in [1.29, 1.82) is 0 Å². The number of carbonyl (C=O) groups excluding carboxylic acids is 1. The van der Waals surface area contributed by atoms with Crippen molar-refractivity contribution in [2.75, 3.05) is 0 Å². The fraction of sp³-hybridized carbons (Fsp3) is 0.292. The molecule has 5 rings (SSSR count). The van der Waals surface area contributed by atoms with Gasteiger partial charge in [-0.25, -0.2) is 0 Å². The number of rotatable bonds is 3. The molecule has 136 valence electrons. The first-order chi connectivity index (χ1) is 13.2. The van der Waals surface area contributed by atoms with E-state index in [1.165, 1.54) is 27.6 Å². The van der Waals surface area contributed by atoms with Crippen LogP contribution in [0.25, 0.3) is 21.8 Å². The molecule has 27 heavy (non-hydrogen) atoms. The lowest BCUT2D eigenvalue weighted by molar-refractivity contribution is -0.124. The molecule has 0 amide bonds. The number of carbonyl (C=O) groups is 1. The molecule has 2 unspecified atom stereocenters. The molecule has 2 N–H and O–H groups in total. The van der Waals surface area contributed by atoms with Gasteiger partial charge in [0.2, 0.25) is 0 Å². The molecule has 2 aromatic carbocycles. The minimum Gasteiger partial charge on any atom is -0.361 e. The molecule has 2 atom stereocenters. The van der Waals surface area contributed by atoms with Gasteiger partial charge in [0.25, 0.3) is 0 Å². The minimum atomic E-state index is 0.0517. The predicted octanol–water partition coefficient (Wildman–Crippen LogP) is 5.85. The van der Waals surface area contributed by atoms with Crippen LogP contribution in [-0.4, -0.2) is 15.8 Å². The Hall–Kier alpha value is -2.81. The average Bonchev–Trinajstić information content (AvgIpc) is 3.25. The highest BCUT2D eigenvalue weighted by Crippen LogP contribution is 2.44. The third kappa shape index (κ3) is 2.61. The van der Waals surface area contributed by atoms with Gasteiger partial charge in [-0.1, -0.05) is 42.8 Å². The van der Waals surface area contributed by atoms with Crippen LogP contribution in [0.3, 0.4) is 0 Å². The molecule has 1 saturated carbocycles. The standard InChI is InChI=1S/C24H24N2O/c1-15-23(17-9-3-6-12-21(17)26-15)24(18-10-4-7-13-22(18)27)19-14-25-20-11-5-2-8-16(19)20/h2-3,5-6,8-9,11-12,14,18,24-26H,4,7,10,13H2,1H3. The Morgan fingerprint density at radius 2 is 1.70 bits per heavy atom. The fourth-order valence-electron chi connectivity index (χ4n) is 4.99. The first-order valence-electron chi connectivity index (χ1n) is 9.90. The van der Waals surface area contributed by atoms with Gasteiger partial charge in [-0.05, 0) is 43.0 Å². The zero-order valence-corrected chi connectivity index (χ0v) is 15.6. The summed E-state index contributed by atoms with van der Waals surface area (Å²) in [5, 5.41) is 2.47. The van der Waals surface area contributed by atoms with E-state index in [1.54, 1.807) is 0 Å². The van der Waals surface area contributed by atoms with Crippen molar-refractivity contribution < 1.29 is 4.79 Å². The smallest absolute Gasteiger partial charge is 0.136 e. The Labute approximate surface area is 158 Å². The van der Waals surface area contributed by atoms with Crippen LogP contribution in [0, 0.1) is 12.8 Å². The third-order valence-electron chi connectivity index (χ3n) is 6.21. The molecule has 4 aromatic rings. The maximum absolute atomic E-state index is 13.0. The van der Waals surface area contributed by atoms with Crippen LogP contribution in [0.15, 0.2) is 54.7 Å². The third-order valence-corrected chi connectivity index (χ3v) is 6.21. The molecule has 0 radical (unpaired) electrons. The molecule has 2 heterocycles. The van der Waals surface area contributed by atoms with Crippen LogP contribution < -0.4 is 0 Å². The first kappa shape index (κ1) is 16.4. The van der Waals surface area contributed by atoms with Gasteiger partial charge >= 0.3 is 0 Å². The Morgan fingerprint density at radius 1 is 0.963 bits per heavy atom. The van der Waals surface area contributed by atoms with Crippen molar-refractivity contribution in [2.45, 2.75) is 38.5 Å². The van der Waals surface area contributed by atoms with E-state index in [0.717, 1.165) is 30.3 Å². The van der Waals surface area contributed by atoms with Crippen molar-refractivity contribution in [3.8, 4) is 0 Å². The summed E-state index contributed by atoms with van der Waals surface area (Å²) in [4.78, 5) is 20.0. The lowest BCUT2D eigenvalue weighted by atomic mass is 9.72. The zero-order valence-electron chi connectivity index (χ0n) is 15.6. The highest BCUT2D eigenvalue weighted by molar-refractivity contribution is 5.92. The van der Waals surface area contributed by atoms with E-state index in [0.29, 0.717) is 12.2 Å².